The van der Waals surface area contributed by atoms with Crippen LogP contribution in [0.15, 0.2) is 12.1 Å². The highest BCUT2D eigenvalue weighted by Gasteiger charge is 2.21. The highest BCUT2D eigenvalue weighted by Crippen LogP contribution is 2.31. The molecule has 1 atom stereocenters. The topological polar surface area (TPSA) is 46.5 Å². The van der Waals surface area contributed by atoms with Gasteiger partial charge in [0.2, 0.25) is 0 Å². The van der Waals surface area contributed by atoms with Crippen LogP contribution in [0.3, 0.4) is 0 Å². The molecule has 0 amide bonds. The summed E-state index contributed by atoms with van der Waals surface area (Å²) < 4.78 is 31.8. The highest BCUT2D eigenvalue weighted by molar-refractivity contribution is 5.68. The molecule has 0 heterocycles. The van der Waals surface area contributed by atoms with E-state index in [1.165, 1.54) is 7.11 Å². The Bertz CT molecular complexity index is 418. The summed E-state index contributed by atoms with van der Waals surface area (Å²) in [7, 11) is 1.24. The first kappa shape index (κ1) is 13.4. The Hall–Kier alpha value is -1.65. The van der Waals surface area contributed by atoms with Gasteiger partial charge in [0.25, 0.3) is 0 Å². The van der Waals surface area contributed by atoms with Gasteiger partial charge in [-0.1, -0.05) is 6.92 Å². The number of methoxy groups -OCH3 is 1. The Labute approximate surface area is 98.0 Å². The van der Waals surface area contributed by atoms with E-state index in [4.69, 9.17) is 9.84 Å². The van der Waals surface area contributed by atoms with Crippen LogP contribution in [-0.4, -0.2) is 18.2 Å². The van der Waals surface area contributed by atoms with Crippen molar-refractivity contribution in [2.45, 2.75) is 25.7 Å². The predicted molar refractivity (Wildman–Crippen MR) is 58.2 cm³/mol. The molecule has 1 aromatic rings. The summed E-state index contributed by atoms with van der Waals surface area (Å²) in [5.74, 6) is -3.13. The zero-order valence-corrected chi connectivity index (χ0v) is 9.67. The van der Waals surface area contributed by atoms with Gasteiger partial charge in [0.05, 0.1) is 13.5 Å². The second-order valence-corrected chi connectivity index (χ2v) is 3.71. The average molecular weight is 244 g/mol. The molecule has 0 fully saturated rings. The summed E-state index contributed by atoms with van der Waals surface area (Å²) >= 11 is 0. The van der Waals surface area contributed by atoms with E-state index in [-0.39, 0.29) is 17.7 Å². The van der Waals surface area contributed by atoms with Gasteiger partial charge in [-0.2, -0.15) is 0 Å². The molecular weight excluding hydrogens is 230 g/mol. The third kappa shape index (κ3) is 3.15. The molecule has 17 heavy (non-hydrogen) atoms. The predicted octanol–water partition coefficient (Wildman–Crippen LogP) is 2.94. The van der Waals surface area contributed by atoms with Crippen molar-refractivity contribution in [3.05, 3.63) is 29.3 Å². The summed E-state index contributed by atoms with van der Waals surface area (Å²) in [6.07, 6.45) is 0.176. The first-order valence-corrected chi connectivity index (χ1v) is 5.24. The molecule has 0 saturated carbocycles. The standard InChI is InChI=1S/C12H14F2O3/c1-3-7(4-11(15)16)9-5-8(13)6-10(17-2)12(9)14/h5-7H,3-4H2,1-2H3,(H,15,16)/t7-/m0/s1. The Morgan fingerprint density at radius 3 is 2.59 bits per heavy atom. The van der Waals surface area contributed by atoms with Crippen molar-refractivity contribution in [1.82, 2.24) is 0 Å². The summed E-state index contributed by atoms with van der Waals surface area (Å²) in [5.41, 5.74) is 0.0479. The molecule has 0 aromatic heterocycles. The number of aliphatic carboxylic acids is 1. The van der Waals surface area contributed by atoms with Crippen LogP contribution in [0.4, 0.5) is 8.78 Å². The van der Waals surface area contributed by atoms with Gasteiger partial charge in [-0.3, -0.25) is 4.79 Å². The molecule has 0 aliphatic heterocycles. The van der Waals surface area contributed by atoms with E-state index in [0.717, 1.165) is 12.1 Å². The molecule has 0 radical (unpaired) electrons. The zero-order chi connectivity index (χ0) is 13.0. The lowest BCUT2D eigenvalue weighted by molar-refractivity contribution is -0.137. The third-order valence-corrected chi connectivity index (χ3v) is 2.61. The van der Waals surface area contributed by atoms with Gasteiger partial charge in [-0.15, -0.1) is 0 Å². The maximum absolute atomic E-state index is 13.9. The van der Waals surface area contributed by atoms with Gasteiger partial charge in [-0.05, 0) is 24.0 Å². The minimum atomic E-state index is -1.04. The summed E-state index contributed by atoms with van der Waals surface area (Å²) in [4.78, 5) is 10.6. The van der Waals surface area contributed by atoms with Crippen LogP contribution in [0.25, 0.3) is 0 Å². The van der Waals surface area contributed by atoms with Crippen LogP contribution >= 0.6 is 0 Å². The quantitative estimate of drug-likeness (QED) is 0.866. The first-order valence-electron chi connectivity index (χ1n) is 5.24. The lowest BCUT2D eigenvalue weighted by Gasteiger charge is -2.15. The van der Waals surface area contributed by atoms with E-state index in [0.29, 0.717) is 6.42 Å². The Morgan fingerprint density at radius 2 is 2.12 bits per heavy atom. The maximum Gasteiger partial charge on any atom is 0.303 e. The minimum Gasteiger partial charge on any atom is -0.494 e. The molecule has 5 heteroatoms. The summed E-state index contributed by atoms with van der Waals surface area (Å²) in [6.45, 7) is 1.73. The van der Waals surface area contributed by atoms with Crippen molar-refractivity contribution in [1.29, 1.82) is 0 Å². The summed E-state index contributed by atoms with van der Waals surface area (Å²) in [6, 6.07) is 1.96. The van der Waals surface area contributed by atoms with Crippen molar-refractivity contribution in [3.8, 4) is 5.75 Å². The van der Waals surface area contributed by atoms with E-state index in [1.54, 1.807) is 6.92 Å². The Kier molecular flexibility index (Phi) is 4.43. The fourth-order valence-electron chi connectivity index (χ4n) is 1.72. The van der Waals surface area contributed by atoms with Gasteiger partial charge in [0.1, 0.15) is 5.82 Å². The van der Waals surface area contributed by atoms with Crippen LogP contribution in [0.1, 0.15) is 31.2 Å². The van der Waals surface area contributed by atoms with Crippen LogP contribution < -0.4 is 4.74 Å². The molecule has 3 nitrogen and oxygen atoms in total. The second-order valence-electron chi connectivity index (χ2n) is 3.71. The number of hydrogen-bond donors (Lipinski definition) is 1. The average Bonchev–Trinajstić information content (AvgIpc) is 2.28. The number of ether oxygens (including phenoxy) is 1. The molecule has 0 aliphatic rings. The van der Waals surface area contributed by atoms with Crippen molar-refractivity contribution in [2.24, 2.45) is 0 Å². The normalized spacial score (nSPS) is 12.2. The lowest BCUT2D eigenvalue weighted by Crippen LogP contribution is -2.08. The van der Waals surface area contributed by atoms with E-state index in [9.17, 15) is 13.6 Å². The van der Waals surface area contributed by atoms with Crippen molar-refractivity contribution in [3.63, 3.8) is 0 Å². The van der Waals surface area contributed by atoms with Crippen LogP contribution in [0, 0.1) is 11.6 Å². The molecule has 94 valence electrons. The Morgan fingerprint density at radius 1 is 1.47 bits per heavy atom. The van der Waals surface area contributed by atoms with E-state index >= 15 is 0 Å². The molecule has 0 unspecified atom stereocenters. The van der Waals surface area contributed by atoms with E-state index < -0.39 is 23.5 Å². The molecule has 0 saturated heterocycles. The SMILES string of the molecule is CC[C@@H](CC(=O)O)c1cc(F)cc(OC)c1F. The molecular formula is C12H14F2O3. The largest absolute Gasteiger partial charge is 0.494 e. The first-order chi connectivity index (χ1) is 7.99. The number of carboxylic acid groups (broad SMARTS) is 1. The highest BCUT2D eigenvalue weighted by atomic mass is 19.1. The summed E-state index contributed by atoms with van der Waals surface area (Å²) in [5, 5.41) is 8.72. The fraction of sp³-hybridized carbons (Fsp3) is 0.417. The van der Waals surface area contributed by atoms with Crippen LogP contribution in [-0.2, 0) is 4.79 Å². The molecule has 0 bridgehead atoms. The third-order valence-electron chi connectivity index (χ3n) is 2.61. The number of benzene rings is 1. The zero-order valence-electron chi connectivity index (χ0n) is 9.67. The number of hydrogen-bond acceptors (Lipinski definition) is 2. The molecule has 0 spiro atoms. The molecule has 1 N–H and O–H groups in total. The number of carboxylic acids is 1. The minimum absolute atomic E-state index is 0.0479. The molecule has 1 rings (SSSR count). The van der Waals surface area contributed by atoms with E-state index in [1.807, 2.05) is 0 Å². The van der Waals surface area contributed by atoms with Gasteiger partial charge in [0.15, 0.2) is 11.6 Å². The second kappa shape index (κ2) is 5.61. The lowest BCUT2D eigenvalue weighted by atomic mass is 9.92. The maximum atomic E-state index is 13.9. The van der Waals surface area contributed by atoms with Crippen molar-refractivity contribution in [2.75, 3.05) is 7.11 Å². The van der Waals surface area contributed by atoms with Gasteiger partial charge >= 0.3 is 5.97 Å². The van der Waals surface area contributed by atoms with E-state index in [2.05, 4.69) is 0 Å². The smallest absolute Gasteiger partial charge is 0.303 e. The Balaban J connectivity index is 3.18. The fourth-order valence-corrected chi connectivity index (χ4v) is 1.72. The molecule has 1 aromatic carbocycles. The van der Waals surface area contributed by atoms with Crippen molar-refractivity contribution >= 4 is 5.97 Å². The number of halogens is 2. The van der Waals surface area contributed by atoms with Crippen LogP contribution in [0.5, 0.6) is 5.75 Å². The van der Waals surface area contributed by atoms with Gasteiger partial charge in [0, 0.05) is 6.07 Å². The van der Waals surface area contributed by atoms with Gasteiger partial charge < -0.3 is 9.84 Å². The van der Waals surface area contributed by atoms with Crippen LogP contribution in [0.2, 0.25) is 0 Å². The monoisotopic (exact) mass is 244 g/mol. The molecule has 0 aliphatic carbocycles. The van der Waals surface area contributed by atoms with Gasteiger partial charge in [-0.25, -0.2) is 8.78 Å². The number of carbonyl (C=O) groups is 1. The van der Waals surface area contributed by atoms with Crippen molar-refractivity contribution < 1.29 is 23.4 Å². The number of rotatable bonds is 5.